The average molecular weight is 878 g/mol. The molecular formula is C68H47N. The van der Waals surface area contributed by atoms with E-state index >= 15 is 0 Å². The van der Waals surface area contributed by atoms with Gasteiger partial charge in [0, 0.05) is 22.5 Å². The van der Waals surface area contributed by atoms with Crippen LogP contribution in [0.15, 0.2) is 249 Å². The Hall–Kier alpha value is -8.52. The monoisotopic (exact) mass is 877 g/mol. The van der Waals surface area contributed by atoms with E-state index in [9.17, 15) is 0 Å². The molecule has 0 heterocycles. The van der Waals surface area contributed by atoms with E-state index in [-0.39, 0.29) is 5.41 Å². The molecule has 0 N–H and O–H groups in total. The molecule has 0 radical (unpaired) electrons. The van der Waals surface area contributed by atoms with Crippen LogP contribution in [0, 0.1) is 0 Å². The largest absolute Gasteiger partial charge is 0.310 e. The van der Waals surface area contributed by atoms with Crippen molar-refractivity contribution in [3.05, 3.63) is 282 Å². The fourth-order valence-corrected chi connectivity index (χ4v) is 12.5. The highest BCUT2D eigenvalue weighted by Gasteiger charge is 2.52. The Morgan fingerprint density at radius 3 is 1.25 bits per heavy atom. The first-order valence-electron chi connectivity index (χ1n) is 24.2. The molecule has 0 bridgehead atoms. The van der Waals surface area contributed by atoms with Crippen LogP contribution in [-0.4, -0.2) is 0 Å². The highest BCUT2D eigenvalue weighted by Crippen LogP contribution is 2.64. The van der Waals surface area contributed by atoms with Crippen molar-refractivity contribution in [2.75, 3.05) is 4.90 Å². The van der Waals surface area contributed by atoms with Gasteiger partial charge in [0.15, 0.2) is 0 Å². The molecule has 11 aromatic carbocycles. The molecule has 11 aromatic rings. The topological polar surface area (TPSA) is 3.24 Å². The maximum atomic E-state index is 2.56. The Morgan fingerprint density at radius 2 is 0.667 bits per heavy atom. The Labute approximate surface area is 404 Å². The first kappa shape index (κ1) is 39.6. The number of fused-ring (bicyclic) bond motifs is 15. The first-order chi connectivity index (χ1) is 34.0. The number of hydrogen-bond donors (Lipinski definition) is 0. The fraction of sp³-hybridized carbons (Fsp3) is 0.0588. The summed E-state index contributed by atoms with van der Waals surface area (Å²) in [4.78, 5) is 2.41. The van der Waals surface area contributed by atoms with E-state index in [4.69, 9.17) is 0 Å². The highest BCUT2D eigenvalue weighted by atomic mass is 15.1. The molecule has 0 saturated carbocycles. The van der Waals surface area contributed by atoms with Crippen LogP contribution in [0.4, 0.5) is 17.1 Å². The third-order valence-corrected chi connectivity index (χ3v) is 15.7. The average Bonchev–Trinajstić information content (AvgIpc) is 3.97. The number of nitrogens with zero attached hydrogens (tertiary/aromatic N) is 1. The molecule has 1 heteroatoms. The molecule has 3 aliphatic rings. The molecule has 14 rings (SSSR count). The summed E-state index contributed by atoms with van der Waals surface area (Å²) >= 11 is 0. The van der Waals surface area contributed by atoms with Gasteiger partial charge in [-0.3, -0.25) is 0 Å². The lowest BCUT2D eigenvalue weighted by Crippen LogP contribution is -2.25. The van der Waals surface area contributed by atoms with Crippen molar-refractivity contribution < 1.29 is 0 Å². The summed E-state index contributed by atoms with van der Waals surface area (Å²) in [6.07, 6.45) is 0. The van der Waals surface area contributed by atoms with Gasteiger partial charge >= 0.3 is 0 Å². The summed E-state index contributed by atoms with van der Waals surface area (Å²) in [5.74, 6) is 0. The molecule has 0 aromatic heterocycles. The molecule has 69 heavy (non-hydrogen) atoms. The maximum absolute atomic E-state index is 2.56. The Morgan fingerprint density at radius 1 is 0.261 bits per heavy atom. The third-order valence-electron chi connectivity index (χ3n) is 15.7. The van der Waals surface area contributed by atoms with Crippen LogP contribution < -0.4 is 4.90 Å². The molecule has 0 amide bonds. The standard InChI is InChI=1S/C68H47N/c1-67(2)63-41-48(59-43-65-66(57-24-10-9-21-52(57)59)58-25-13-16-28-62(58)68(65)60-26-14-11-22-53(60)54-23-12-15-27-61(54)68)33-39-55(63)56-40-38-51(42-64(56)67)69(49-34-29-46(30-35-49)44-17-5-3-6-18-44)50-36-31-47(32-37-50)45-19-7-4-8-20-45/h3-43H,1-2H3. The van der Waals surface area contributed by atoms with Crippen LogP contribution in [0.3, 0.4) is 0 Å². The van der Waals surface area contributed by atoms with Crippen molar-refractivity contribution in [3.63, 3.8) is 0 Å². The molecule has 0 atom stereocenters. The van der Waals surface area contributed by atoms with Crippen LogP contribution >= 0.6 is 0 Å². The number of hydrogen-bond acceptors (Lipinski definition) is 1. The van der Waals surface area contributed by atoms with Crippen molar-refractivity contribution in [2.24, 2.45) is 0 Å². The quantitative estimate of drug-likeness (QED) is 0.161. The molecule has 0 unspecified atom stereocenters. The van der Waals surface area contributed by atoms with Crippen molar-refractivity contribution in [1.29, 1.82) is 0 Å². The second-order valence-electron chi connectivity index (χ2n) is 19.6. The summed E-state index contributed by atoms with van der Waals surface area (Å²) in [5, 5.41) is 2.59. The summed E-state index contributed by atoms with van der Waals surface area (Å²) in [5.41, 5.74) is 26.2. The summed E-state index contributed by atoms with van der Waals surface area (Å²) in [6, 6.07) is 92.8. The van der Waals surface area contributed by atoms with Gasteiger partial charge in [-0.05, 0) is 159 Å². The minimum absolute atomic E-state index is 0.260. The molecule has 0 saturated heterocycles. The normalized spacial score (nSPS) is 13.9. The number of anilines is 3. The third kappa shape index (κ3) is 5.71. The van der Waals surface area contributed by atoms with Crippen LogP contribution in [-0.2, 0) is 10.8 Å². The fourth-order valence-electron chi connectivity index (χ4n) is 12.5. The molecule has 0 aliphatic heterocycles. The molecule has 1 nitrogen and oxygen atoms in total. The van der Waals surface area contributed by atoms with Gasteiger partial charge in [0.05, 0.1) is 5.41 Å². The zero-order valence-electron chi connectivity index (χ0n) is 38.6. The predicted molar refractivity (Wildman–Crippen MR) is 289 cm³/mol. The van der Waals surface area contributed by atoms with E-state index in [1.165, 1.54) is 111 Å². The van der Waals surface area contributed by atoms with Gasteiger partial charge in [-0.2, -0.15) is 0 Å². The van der Waals surface area contributed by atoms with Gasteiger partial charge < -0.3 is 4.90 Å². The Kier molecular flexibility index (Phi) is 8.61. The smallest absolute Gasteiger partial charge is 0.0725 e. The van der Waals surface area contributed by atoms with Gasteiger partial charge in [-0.15, -0.1) is 0 Å². The van der Waals surface area contributed by atoms with E-state index < -0.39 is 5.41 Å². The second kappa shape index (κ2) is 15.0. The lowest BCUT2D eigenvalue weighted by Gasteiger charge is -2.31. The highest BCUT2D eigenvalue weighted by molar-refractivity contribution is 6.11. The molecule has 3 aliphatic carbocycles. The second-order valence-corrected chi connectivity index (χ2v) is 19.6. The lowest BCUT2D eigenvalue weighted by atomic mass is 9.70. The van der Waals surface area contributed by atoms with Gasteiger partial charge in [-0.25, -0.2) is 0 Å². The zero-order valence-corrected chi connectivity index (χ0v) is 38.6. The molecule has 0 fully saturated rings. The minimum atomic E-state index is -0.420. The van der Waals surface area contributed by atoms with E-state index in [1.807, 2.05) is 0 Å². The predicted octanol–water partition coefficient (Wildman–Crippen LogP) is 18.0. The lowest BCUT2D eigenvalue weighted by molar-refractivity contribution is 0.660. The van der Waals surface area contributed by atoms with Crippen LogP contribution in [0.2, 0.25) is 0 Å². The van der Waals surface area contributed by atoms with Crippen LogP contribution in [0.25, 0.3) is 77.5 Å². The van der Waals surface area contributed by atoms with Crippen LogP contribution in [0.5, 0.6) is 0 Å². The van der Waals surface area contributed by atoms with Crippen LogP contribution in [0.1, 0.15) is 47.2 Å². The molecular weight excluding hydrogens is 831 g/mol. The summed E-state index contributed by atoms with van der Waals surface area (Å²) < 4.78 is 0. The van der Waals surface area contributed by atoms with E-state index in [0.29, 0.717) is 0 Å². The van der Waals surface area contributed by atoms with E-state index in [0.717, 1.165) is 17.1 Å². The molecule has 1 spiro atoms. The van der Waals surface area contributed by atoms with E-state index in [2.05, 4.69) is 267 Å². The van der Waals surface area contributed by atoms with Crippen molar-refractivity contribution >= 4 is 27.8 Å². The van der Waals surface area contributed by atoms with Gasteiger partial charge in [-0.1, -0.05) is 214 Å². The Balaban J connectivity index is 0.907. The van der Waals surface area contributed by atoms with Crippen molar-refractivity contribution in [2.45, 2.75) is 24.7 Å². The number of rotatable bonds is 6. The van der Waals surface area contributed by atoms with Crippen molar-refractivity contribution in [3.8, 4) is 66.8 Å². The molecule has 324 valence electrons. The zero-order chi connectivity index (χ0) is 45.8. The van der Waals surface area contributed by atoms with Crippen molar-refractivity contribution in [1.82, 2.24) is 0 Å². The van der Waals surface area contributed by atoms with Gasteiger partial charge in [0.1, 0.15) is 0 Å². The maximum Gasteiger partial charge on any atom is 0.0725 e. The number of benzene rings is 11. The summed E-state index contributed by atoms with van der Waals surface area (Å²) in [7, 11) is 0. The minimum Gasteiger partial charge on any atom is -0.310 e. The SMILES string of the molecule is CC1(C)c2cc(-c3cc4c(c5ccccc35)-c3ccccc3C43c4ccccc4-c4ccccc43)ccc2-c2ccc(N(c3ccc(-c4ccccc4)cc3)c3ccc(-c4ccccc4)cc3)cc21. The van der Waals surface area contributed by atoms with Gasteiger partial charge in [0.2, 0.25) is 0 Å². The first-order valence-corrected chi connectivity index (χ1v) is 24.2. The summed E-state index contributed by atoms with van der Waals surface area (Å²) in [6.45, 7) is 4.83. The van der Waals surface area contributed by atoms with E-state index in [1.54, 1.807) is 0 Å². The Bertz CT molecular complexity index is 3710. The van der Waals surface area contributed by atoms with Gasteiger partial charge in [0.25, 0.3) is 0 Å².